The minimum atomic E-state index is -0.595. The summed E-state index contributed by atoms with van der Waals surface area (Å²) in [5.41, 5.74) is 1.12. The lowest BCUT2D eigenvalue weighted by atomic mass is 9.70. The average molecular weight is 408 g/mol. The molecule has 2 atom stereocenters. The molecule has 0 saturated heterocycles. The molecule has 0 spiro atoms. The molecule has 0 heterocycles. The molecule has 0 fully saturated rings. The predicted molar refractivity (Wildman–Crippen MR) is 99.2 cm³/mol. The average Bonchev–Trinajstić information content (AvgIpc) is 2.55. The van der Waals surface area contributed by atoms with Gasteiger partial charge < -0.3 is 10.6 Å². The van der Waals surface area contributed by atoms with Gasteiger partial charge in [-0.25, -0.2) is 0 Å². The molecule has 0 bridgehead atoms. The number of hydrogen-bond acceptors (Lipinski definition) is 2. The van der Waals surface area contributed by atoms with Crippen molar-refractivity contribution < 1.29 is 4.79 Å². The van der Waals surface area contributed by atoms with Gasteiger partial charge in [0, 0.05) is 22.6 Å². The minimum Gasteiger partial charge on any atom is -0.336 e. The minimum absolute atomic E-state index is 0.0821. The Hall–Kier alpha value is -1.40. The maximum absolute atomic E-state index is 11.9. The van der Waals surface area contributed by atoms with Gasteiger partial charge in [-0.3, -0.25) is 4.79 Å². The van der Waals surface area contributed by atoms with E-state index in [-0.39, 0.29) is 3.91 Å². The number of amides is 1. The first-order chi connectivity index (χ1) is 10.4. The van der Waals surface area contributed by atoms with Crippen molar-refractivity contribution in [3.63, 3.8) is 0 Å². The van der Waals surface area contributed by atoms with Crippen LogP contribution in [0.3, 0.4) is 0 Å². The Balaban J connectivity index is 2.63. The van der Waals surface area contributed by atoms with Gasteiger partial charge in [-0.2, -0.15) is 0 Å². The molecule has 4 heteroatoms. The highest BCUT2D eigenvalue weighted by molar-refractivity contribution is 14.1. The smallest absolute Gasteiger partial charge is 0.281 e. The number of likely N-dealkylation sites (N-methyl/N-ethyl adjacent to an activating group) is 1. The number of halogens is 1. The van der Waals surface area contributed by atoms with Crippen LogP contribution in [0.25, 0.3) is 0 Å². The maximum Gasteiger partial charge on any atom is 0.281 e. The lowest BCUT2D eigenvalue weighted by Gasteiger charge is -2.47. The van der Waals surface area contributed by atoms with Gasteiger partial charge in [-0.15, -0.1) is 0 Å². The maximum atomic E-state index is 11.9. The summed E-state index contributed by atoms with van der Waals surface area (Å²) in [5.74, 6) is 0. The fourth-order valence-electron chi connectivity index (χ4n) is 2.91. The Morgan fingerprint density at radius 1 is 0.864 bits per heavy atom. The normalized spacial score (nSPS) is 16.4. The van der Waals surface area contributed by atoms with E-state index < -0.39 is 11.1 Å². The van der Waals surface area contributed by atoms with Gasteiger partial charge in [0.1, 0.15) is 0 Å². The zero-order valence-corrected chi connectivity index (χ0v) is 15.2. The van der Waals surface area contributed by atoms with Crippen LogP contribution in [0.2, 0.25) is 0 Å². The highest BCUT2D eigenvalue weighted by Crippen LogP contribution is 2.40. The van der Waals surface area contributed by atoms with Crippen LogP contribution >= 0.6 is 22.6 Å². The molecule has 2 aromatic rings. The van der Waals surface area contributed by atoms with Gasteiger partial charge >= 0.3 is 0 Å². The Morgan fingerprint density at radius 2 is 1.27 bits per heavy atom. The molecule has 2 N–H and O–H groups in total. The summed E-state index contributed by atoms with van der Waals surface area (Å²) >= 11 is 1.79. The first-order valence-corrected chi connectivity index (χ1v) is 8.29. The van der Waals surface area contributed by atoms with E-state index in [0.29, 0.717) is 0 Å². The van der Waals surface area contributed by atoms with Crippen LogP contribution in [0, 0.1) is 0 Å². The zero-order chi connectivity index (χ0) is 16.2. The van der Waals surface area contributed by atoms with Gasteiger partial charge in [-0.05, 0) is 32.0 Å². The van der Waals surface area contributed by atoms with E-state index in [0.717, 1.165) is 11.1 Å². The van der Waals surface area contributed by atoms with E-state index >= 15 is 0 Å². The number of hydrogen-bond donors (Lipinski definition) is 2. The third-order valence-corrected chi connectivity index (χ3v) is 4.82. The summed E-state index contributed by atoms with van der Waals surface area (Å²) in [6.45, 7) is 4.17. The van der Waals surface area contributed by atoms with Crippen LogP contribution in [0.5, 0.6) is 0 Å². The van der Waals surface area contributed by atoms with Crippen molar-refractivity contribution in [2.24, 2.45) is 0 Å². The third kappa shape index (κ3) is 3.03. The topological polar surface area (TPSA) is 41.1 Å². The number of nitrogens with one attached hydrogen (secondary N) is 2. The van der Waals surface area contributed by atoms with Crippen molar-refractivity contribution in [2.75, 3.05) is 7.05 Å². The standard InChI is InChI=1S/C18H21IN2O/c1-17(20-3,14-10-6-4-7-11-14)18(2,21-16(19)22)15-12-8-5-9-13-15/h4-13,20H,1-3H3,(H,21,22)/t17-,18?/m0/s1. The van der Waals surface area contributed by atoms with Crippen LogP contribution in [0.1, 0.15) is 25.0 Å². The Bertz CT molecular complexity index is 632. The molecule has 0 aliphatic heterocycles. The summed E-state index contributed by atoms with van der Waals surface area (Å²) in [5, 5.41) is 6.57. The molecule has 2 aromatic carbocycles. The second kappa shape index (κ2) is 6.79. The molecule has 0 aliphatic carbocycles. The number of rotatable bonds is 5. The van der Waals surface area contributed by atoms with Gasteiger partial charge in [0.25, 0.3) is 3.91 Å². The van der Waals surface area contributed by atoms with E-state index in [9.17, 15) is 4.79 Å². The lowest BCUT2D eigenvalue weighted by molar-refractivity contribution is 0.175. The van der Waals surface area contributed by atoms with Crippen molar-refractivity contribution in [3.05, 3.63) is 71.8 Å². The van der Waals surface area contributed by atoms with Crippen LogP contribution in [0.15, 0.2) is 60.7 Å². The molecule has 0 aromatic heterocycles. The first kappa shape index (κ1) is 17.0. The highest BCUT2D eigenvalue weighted by Gasteiger charge is 2.47. The Morgan fingerprint density at radius 3 is 1.64 bits per heavy atom. The number of benzene rings is 2. The van der Waals surface area contributed by atoms with Crippen molar-refractivity contribution in [2.45, 2.75) is 24.9 Å². The van der Waals surface area contributed by atoms with Gasteiger partial charge in [0.2, 0.25) is 0 Å². The fraction of sp³-hybridized carbons (Fsp3) is 0.278. The van der Waals surface area contributed by atoms with E-state index in [1.54, 1.807) is 22.6 Å². The summed E-state index contributed by atoms with van der Waals surface area (Å²) in [7, 11) is 1.92. The van der Waals surface area contributed by atoms with E-state index in [1.165, 1.54) is 0 Å². The molecule has 0 aliphatic rings. The zero-order valence-electron chi connectivity index (χ0n) is 13.1. The quantitative estimate of drug-likeness (QED) is 0.443. The lowest BCUT2D eigenvalue weighted by Crippen LogP contribution is -2.61. The summed E-state index contributed by atoms with van der Waals surface area (Å²) < 4.78 is -0.0821. The monoisotopic (exact) mass is 408 g/mol. The van der Waals surface area contributed by atoms with Crippen molar-refractivity contribution in [1.29, 1.82) is 0 Å². The van der Waals surface area contributed by atoms with E-state index in [2.05, 4.69) is 36.6 Å². The SMILES string of the molecule is CN[C@@](C)(c1ccccc1)C(C)(NC(=O)I)c1ccccc1. The molecule has 3 nitrogen and oxygen atoms in total. The molecular formula is C18H21IN2O. The number of carbonyl (C=O) groups excluding carboxylic acids is 1. The molecular weight excluding hydrogens is 387 g/mol. The summed E-state index contributed by atoms with van der Waals surface area (Å²) in [6, 6.07) is 20.3. The Kier molecular flexibility index (Phi) is 5.24. The van der Waals surface area contributed by atoms with Crippen LogP contribution in [0.4, 0.5) is 4.79 Å². The number of carbonyl (C=O) groups is 1. The molecule has 2 rings (SSSR count). The summed E-state index contributed by atoms with van der Waals surface area (Å²) in [6.07, 6.45) is 0. The van der Waals surface area contributed by atoms with Crippen LogP contribution in [-0.2, 0) is 11.1 Å². The largest absolute Gasteiger partial charge is 0.336 e. The fourth-order valence-corrected chi connectivity index (χ4v) is 3.45. The second-order valence-corrected chi connectivity index (χ2v) is 6.61. The molecule has 116 valence electrons. The third-order valence-electron chi connectivity index (χ3n) is 4.55. The van der Waals surface area contributed by atoms with Crippen molar-refractivity contribution in [1.82, 2.24) is 10.6 Å². The van der Waals surface area contributed by atoms with Crippen LogP contribution in [-0.4, -0.2) is 11.0 Å². The van der Waals surface area contributed by atoms with Gasteiger partial charge in [-0.1, -0.05) is 60.7 Å². The second-order valence-electron chi connectivity index (χ2n) is 5.63. The predicted octanol–water partition coefficient (Wildman–Crippen LogP) is 4.18. The highest BCUT2D eigenvalue weighted by atomic mass is 127. The molecule has 1 unspecified atom stereocenters. The summed E-state index contributed by atoms with van der Waals surface area (Å²) in [4.78, 5) is 11.9. The molecule has 0 radical (unpaired) electrons. The van der Waals surface area contributed by atoms with Crippen molar-refractivity contribution >= 4 is 26.5 Å². The van der Waals surface area contributed by atoms with Crippen molar-refractivity contribution in [3.8, 4) is 0 Å². The van der Waals surface area contributed by atoms with Gasteiger partial charge in [0.15, 0.2) is 0 Å². The first-order valence-electron chi connectivity index (χ1n) is 7.21. The Labute approximate surface area is 145 Å². The van der Waals surface area contributed by atoms with E-state index in [1.807, 2.05) is 55.6 Å². The molecule has 1 amide bonds. The molecule has 22 heavy (non-hydrogen) atoms. The van der Waals surface area contributed by atoms with E-state index in [4.69, 9.17) is 0 Å². The van der Waals surface area contributed by atoms with Gasteiger partial charge in [0.05, 0.1) is 11.1 Å². The molecule has 0 saturated carbocycles. The van der Waals surface area contributed by atoms with Crippen LogP contribution < -0.4 is 10.6 Å².